The number of aliphatic hydroxyl groups is 2. The zero-order valence-corrected chi connectivity index (χ0v) is 63.1. The van der Waals surface area contributed by atoms with Crippen LogP contribution in [0.3, 0.4) is 0 Å². The van der Waals surface area contributed by atoms with Gasteiger partial charge < -0.3 is 20.3 Å². The van der Waals surface area contributed by atoms with E-state index in [0.29, 0.717) is 25.9 Å². The second-order valence-corrected chi connectivity index (χ2v) is 29.9. The standard InChI is InChI=1S/C86H169NO5/c1-3-5-7-9-11-13-15-17-19-21-23-24-40-43-46-50-54-58-62-66-70-74-78-84(89)83(82-88)87-85(90)79-75-71-67-63-59-55-51-47-44-41-38-36-34-32-30-28-26-25-27-29-31-33-35-37-39-42-45-49-53-57-61-65-69-73-77-81-92-86(91)80-76-72-68-64-60-56-52-48-22-20-18-16-14-12-10-8-6-4-2/h27,29,83-84,88-89H,3-26,28,30-82H2,1-2H3,(H,87,90)/b29-27-. The summed E-state index contributed by atoms with van der Waals surface area (Å²) in [5.74, 6) is 0.000997. The highest BCUT2D eigenvalue weighted by Gasteiger charge is 2.20. The van der Waals surface area contributed by atoms with Crippen LogP contribution in [0.4, 0.5) is 0 Å². The maximum absolute atomic E-state index is 12.6. The monoisotopic (exact) mass is 1300 g/mol. The molecule has 0 aromatic carbocycles. The Morgan fingerprint density at radius 1 is 0.293 bits per heavy atom. The Labute approximate surface area is 578 Å². The molecule has 6 heteroatoms. The van der Waals surface area contributed by atoms with Gasteiger partial charge in [0.1, 0.15) is 0 Å². The lowest BCUT2D eigenvalue weighted by Crippen LogP contribution is -2.45. The van der Waals surface area contributed by atoms with Crippen molar-refractivity contribution in [3.8, 4) is 0 Å². The van der Waals surface area contributed by atoms with E-state index in [9.17, 15) is 19.8 Å². The first kappa shape index (κ1) is 90.6. The van der Waals surface area contributed by atoms with Crippen LogP contribution in [0.2, 0.25) is 0 Å². The minimum absolute atomic E-state index is 0.0251. The maximum Gasteiger partial charge on any atom is 0.305 e. The molecule has 0 aromatic rings. The minimum atomic E-state index is -0.663. The molecule has 0 saturated carbocycles. The summed E-state index contributed by atoms with van der Waals surface area (Å²) >= 11 is 0. The number of carbonyl (C=O) groups is 2. The predicted molar refractivity (Wildman–Crippen MR) is 407 cm³/mol. The van der Waals surface area contributed by atoms with Gasteiger partial charge in [-0.25, -0.2) is 0 Å². The summed E-state index contributed by atoms with van der Waals surface area (Å²) in [4.78, 5) is 24.7. The lowest BCUT2D eigenvalue weighted by Gasteiger charge is -2.22. The predicted octanol–water partition coefficient (Wildman–Crippen LogP) is 28.6. The van der Waals surface area contributed by atoms with Crippen molar-refractivity contribution in [1.82, 2.24) is 5.32 Å². The molecule has 92 heavy (non-hydrogen) atoms. The fraction of sp³-hybridized carbons (Fsp3) is 0.953. The number of ether oxygens (including phenoxy) is 1. The average molecular weight is 1300 g/mol. The maximum atomic E-state index is 12.6. The Morgan fingerprint density at radius 3 is 0.772 bits per heavy atom. The van der Waals surface area contributed by atoms with Crippen molar-refractivity contribution < 1.29 is 24.5 Å². The van der Waals surface area contributed by atoms with Gasteiger partial charge >= 0.3 is 5.97 Å². The lowest BCUT2D eigenvalue weighted by atomic mass is 10.0. The Balaban J connectivity index is 3.32. The van der Waals surface area contributed by atoms with E-state index >= 15 is 0 Å². The van der Waals surface area contributed by atoms with Gasteiger partial charge in [0, 0.05) is 12.8 Å². The van der Waals surface area contributed by atoms with Gasteiger partial charge in [-0.05, 0) is 51.4 Å². The van der Waals surface area contributed by atoms with Gasteiger partial charge in [-0.15, -0.1) is 0 Å². The van der Waals surface area contributed by atoms with Crippen molar-refractivity contribution in [3.63, 3.8) is 0 Å². The molecule has 0 bridgehead atoms. The number of nitrogens with one attached hydrogen (secondary N) is 1. The van der Waals surface area contributed by atoms with Crippen LogP contribution in [-0.2, 0) is 14.3 Å². The Hall–Kier alpha value is -1.40. The summed E-state index contributed by atoms with van der Waals surface area (Å²) in [5.41, 5.74) is 0. The molecule has 0 fully saturated rings. The largest absolute Gasteiger partial charge is 0.466 e. The molecule has 6 nitrogen and oxygen atoms in total. The third-order valence-electron chi connectivity index (χ3n) is 20.6. The molecule has 0 aliphatic carbocycles. The number of unbranched alkanes of at least 4 members (excludes halogenated alkanes) is 69. The Morgan fingerprint density at radius 2 is 0.511 bits per heavy atom. The number of hydrogen-bond donors (Lipinski definition) is 3. The van der Waals surface area contributed by atoms with Crippen molar-refractivity contribution in [2.75, 3.05) is 13.2 Å². The highest BCUT2D eigenvalue weighted by Crippen LogP contribution is 2.21. The normalized spacial score (nSPS) is 12.4. The van der Waals surface area contributed by atoms with Gasteiger partial charge in [0.25, 0.3) is 0 Å². The first-order chi connectivity index (χ1) is 45.5. The number of rotatable bonds is 82. The van der Waals surface area contributed by atoms with Crippen LogP contribution in [0.25, 0.3) is 0 Å². The molecule has 0 saturated heterocycles. The van der Waals surface area contributed by atoms with Crippen LogP contribution < -0.4 is 5.32 Å². The van der Waals surface area contributed by atoms with Crippen molar-refractivity contribution in [1.29, 1.82) is 0 Å². The fourth-order valence-electron chi connectivity index (χ4n) is 14.1. The zero-order chi connectivity index (χ0) is 66.3. The molecule has 548 valence electrons. The minimum Gasteiger partial charge on any atom is -0.466 e. The molecule has 0 radical (unpaired) electrons. The van der Waals surface area contributed by atoms with Crippen molar-refractivity contribution in [2.45, 2.75) is 514 Å². The van der Waals surface area contributed by atoms with Crippen LogP contribution in [0, 0.1) is 0 Å². The summed E-state index contributed by atoms with van der Waals surface area (Å²) in [7, 11) is 0. The van der Waals surface area contributed by atoms with E-state index < -0.39 is 12.1 Å². The van der Waals surface area contributed by atoms with Gasteiger partial charge in [0.05, 0.1) is 25.4 Å². The number of esters is 1. The van der Waals surface area contributed by atoms with Crippen LogP contribution in [-0.4, -0.2) is 47.4 Å². The highest BCUT2D eigenvalue weighted by atomic mass is 16.5. The van der Waals surface area contributed by atoms with E-state index in [1.165, 1.54) is 430 Å². The highest BCUT2D eigenvalue weighted by molar-refractivity contribution is 5.76. The Kier molecular flexibility index (Phi) is 80.8. The molecule has 2 atom stereocenters. The van der Waals surface area contributed by atoms with Gasteiger partial charge in [-0.3, -0.25) is 9.59 Å². The molecular weight excluding hydrogens is 1130 g/mol. The van der Waals surface area contributed by atoms with Gasteiger partial charge in [0.2, 0.25) is 5.91 Å². The number of hydrogen-bond acceptors (Lipinski definition) is 5. The summed E-state index contributed by atoms with van der Waals surface area (Å²) in [6.45, 7) is 5.03. The molecule has 0 aliphatic heterocycles. The number of carbonyl (C=O) groups excluding carboxylic acids is 2. The topological polar surface area (TPSA) is 95.9 Å². The summed E-state index contributed by atoms with van der Waals surface area (Å²) < 4.78 is 5.52. The molecule has 0 rings (SSSR count). The van der Waals surface area contributed by atoms with E-state index in [1.54, 1.807) is 0 Å². The molecule has 0 spiro atoms. The first-order valence-electron chi connectivity index (χ1n) is 42.9. The van der Waals surface area contributed by atoms with E-state index in [4.69, 9.17) is 4.74 Å². The second-order valence-electron chi connectivity index (χ2n) is 29.9. The number of allylic oxidation sites excluding steroid dienone is 2. The molecule has 0 heterocycles. The van der Waals surface area contributed by atoms with Crippen LogP contribution in [0.15, 0.2) is 12.2 Å². The Bertz CT molecular complexity index is 1400. The SMILES string of the molecule is CCCCCCCCCCCCCCCCCCCCCCCCC(O)C(CO)NC(=O)CCCCCCCCCCCCCCCCCCC/C=C\CCCCCCCCCCCCCCCCOC(=O)CCCCCCCCCCCCCCCCCCCC. The van der Waals surface area contributed by atoms with E-state index in [1.807, 2.05) is 0 Å². The summed E-state index contributed by atoms with van der Waals surface area (Å²) in [5, 5.41) is 23.5. The quantitative estimate of drug-likeness (QED) is 0.0320. The van der Waals surface area contributed by atoms with E-state index in [-0.39, 0.29) is 18.5 Å². The molecule has 0 aliphatic rings. The molecule has 3 N–H and O–H groups in total. The smallest absolute Gasteiger partial charge is 0.305 e. The van der Waals surface area contributed by atoms with Gasteiger partial charge in [-0.1, -0.05) is 450 Å². The van der Waals surface area contributed by atoms with Crippen LogP contribution in [0.1, 0.15) is 502 Å². The summed E-state index contributed by atoms with van der Waals surface area (Å²) in [6, 6.07) is -0.539. The lowest BCUT2D eigenvalue weighted by molar-refractivity contribution is -0.143. The van der Waals surface area contributed by atoms with E-state index in [2.05, 4.69) is 31.3 Å². The van der Waals surface area contributed by atoms with E-state index in [0.717, 1.165) is 38.5 Å². The fourth-order valence-corrected chi connectivity index (χ4v) is 14.1. The van der Waals surface area contributed by atoms with Gasteiger partial charge in [-0.2, -0.15) is 0 Å². The third kappa shape index (κ3) is 77.6. The zero-order valence-electron chi connectivity index (χ0n) is 63.1. The molecular formula is C86H169NO5. The van der Waals surface area contributed by atoms with Crippen LogP contribution in [0.5, 0.6) is 0 Å². The third-order valence-corrected chi connectivity index (χ3v) is 20.6. The number of aliphatic hydroxyl groups excluding tert-OH is 2. The second kappa shape index (κ2) is 82.0. The van der Waals surface area contributed by atoms with Crippen molar-refractivity contribution in [3.05, 3.63) is 12.2 Å². The van der Waals surface area contributed by atoms with Crippen molar-refractivity contribution in [2.24, 2.45) is 0 Å². The van der Waals surface area contributed by atoms with Gasteiger partial charge in [0.15, 0.2) is 0 Å². The van der Waals surface area contributed by atoms with Crippen molar-refractivity contribution >= 4 is 11.9 Å². The molecule has 2 unspecified atom stereocenters. The average Bonchev–Trinajstić information content (AvgIpc) is 3.77. The summed E-state index contributed by atoms with van der Waals surface area (Å²) in [6.07, 6.45) is 105. The number of amides is 1. The molecule has 0 aromatic heterocycles. The van der Waals surface area contributed by atoms with Crippen LogP contribution >= 0.6 is 0 Å². The molecule has 1 amide bonds. The first-order valence-corrected chi connectivity index (χ1v) is 42.9.